The van der Waals surface area contributed by atoms with Crippen LogP contribution in [0.25, 0.3) is 11.0 Å². The third-order valence-corrected chi connectivity index (χ3v) is 7.14. The van der Waals surface area contributed by atoms with Gasteiger partial charge in [-0.15, -0.1) is 0 Å². The molecule has 0 spiro atoms. The van der Waals surface area contributed by atoms with E-state index in [2.05, 4.69) is 33.8 Å². The van der Waals surface area contributed by atoms with Crippen molar-refractivity contribution in [3.8, 4) is 11.8 Å². The Morgan fingerprint density at radius 1 is 1.18 bits per heavy atom. The molecule has 0 unspecified atom stereocenters. The van der Waals surface area contributed by atoms with Gasteiger partial charge in [0, 0.05) is 30.6 Å². The third kappa shape index (κ3) is 5.46. The molecule has 0 aliphatic carbocycles. The van der Waals surface area contributed by atoms with E-state index >= 15 is 0 Å². The van der Waals surface area contributed by atoms with Crippen LogP contribution in [0, 0.1) is 18.8 Å². The van der Waals surface area contributed by atoms with Gasteiger partial charge in [0.05, 0.1) is 22.0 Å². The van der Waals surface area contributed by atoms with Crippen LogP contribution in [0.4, 0.5) is 19.0 Å². The number of rotatable bonds is 4. The van der Waals surface area contributed by atoms with Crippen LogP contribution in [0.1, 0.15) is 50.8 Å². The first-order valence-electron chi connectivity index (χ1n) is 12.2. The van der Waals surface area contributed by atoms with E-state index < -0.39 is 22.5 Å². The highest BCUT2D eigenvalue weighted by molar-refractivity contribution is 6.31. The van der Waals surface area contributed by atoms with Crippen LogP contribution in [-0.2, 0) is 12.6 Å². The molecule has 0 amide bonds. The third-order valence-electron chi connectivity index (χ3n) is 6.81. The number of likely N-dealkylation sites (tertiary alicyclic amines) is 1. The van der Waals surface area contributed by atoms with E-state index in [1.807, 2.05) is 17.7 Å². The molecule has 39 heavy (non-hydrogen) atoms. The van der Waals surface area contributed by atoms with Crippen molar-refractivity contribution in [1.29, 1.82) is 0 Å². The highest BCUT2D eigenvalue weighted by Crippen LogP contribution is 2.35. The van der Waals surface area contributed by atoms with Crippen molar-refractivity contribution in [2.45, 2.75) is 32.0 Å². The summed E-state index contributed by atoms with van der Waals surface area (Å²) in [6.07, 6.45) is -2.41. The van der Waals surface area contributed by atoms with E-state index in [9.17, 15) is 18.0 Å². The van der Waals surface area contributed by atoms with E-state index in [4.69, 9.17) is 22.4 Å². The number of hydrogen-bond acceptors (Lipinski definition) is 6. The van der Waals surface area contributed by atoms with Crippen LogP contribution in [-0.4, -0.2) is 50.6 Å². The number of carbonyl (C=O) groups is 1. The maximum atomic E-state index is 13.2. The molecule has 5 rings (SSSR count). The Bertz CT molecular complexity index is 1650. The highest BCUT2D eigenvalue weighted by atomic mass is 35.5. The number of aryl methyl sites for hydroxylation is 1. The normalized spacial score (nSPS) is 15.9. The van der Waals surface area contributed by atoms with Crippen molar-refractivity contribution in [2.75, 3.05) is 25.9 Å². The topological polar surface area (TPSA) is 89.9 Å². The zero-order chi connectivity index (χ0) is 27.9. The minimum absolute atomic E-state index is 0.0648. The summed E-state index contributed by atoms with van der Waals surface area (Å²) in [5.74, 6) is 6.06. The van der Waals surface area contributed by atoms with Crippen LogP contribution in [0.3, 0.4) is 0 Å². The first-order chi connectivity index (χ1) is 18.5. The van der Waals surface area contributed by atoms with Gasteiger partial charge in [0.25, 0.3) is 0 Å². The number of benzene rings is 2. The summed E-state index contributed by atoms with van der Waals surface area (Å²) in [5.41, 5.74) is 8.31. The van der Waals surface area contributed by atoms with Crippen LogP contribution >= 0.6 is 11.6 Å². The molecule has 200 valence electrons. The van der Waals surface area contributed by atoms with Crippen molar-refractivity contribution in [1.82, 2.24) is 24.6 Å². The van der Waals surface area contributed by atoms with Gasteiger partial charge in [-0.1, -0.05) is 29.7 Å². The number of Topliss-reactive ketones (excluding diaryl/α,β-unsaturated/α-hetero) is 1. The van der Waals surface area contributed by atoms with Gasteiger partial charge in [-0.25, -0.2) is 14.6 Å². The number of hydrogen-bond donors (Lipinski definition) is 1. The molecule has 2 N–H and O–H groups in total. The Labute approximate surface area is 227 Å². The van der Waals surface area contributed by atoms with Crippen LogP contribution in [0.2, 0.25) is 5.02 Å². The van der Waals surface area contributed by atoms with Gasteiger partial charge in [0.1, 0.15) is 17.8 Å². The average molecular weight is 553 g/mol. The van der Waals surface area contributed by atoms with Gasteiger partial charge < -0.3 is 10.6 Å². The number of nitrogens with zero attached hydrogens (tertiary/aromatic N) is 5. The monoisotopic (exact) mass is 552 g/mol. The second-order valence-corrected chi connectivity index (χ2v) is 10.1. The molecule has 11 heteroatoms. The predicted molar refractivity (Wildman–Crippen MR) is 143 cm³/mol. The maximum Gasteiger partial charge on any atom is 0.417 e. The lowest BCUT2D eigenvalue weighted by Crippen LogP contribution is -2.17. The number of likely N-dealkylation sites (N-methyl/N-ethyl adjacent to an activating group) is 1. The second-order valence-electron chi connectivity index (χ2n) is 9.65. The summed E-state index contributed by atoms with van der Waals surface area (Å²) < 4.78 is 41.6. The Kier molecular flexibility index (Phi) is 7.05. The van der Waals surface area contributed by atoms with Gasteiger partial charge >= 0.3 is 6.18 Å². The summed E-state index contributed by atoms with van der Waals surface area (Å²) in [5, 5.41) is 4.87. The fourth-order valence-electron chi connectivity index (χ4n) is 4.69. The predicted octanol–water partition coefficient (Wildman–Crippen LogP) is 5.09. The number of alkyl halides is 3. The molecule has 2 aromatic carbocycles. The molecule has 0 radical (unpaired) electrons. The number of fused-ring (bicyclic) bond motifs is 1. The fourth-order valence-corrected chi connectivity index (χ4v) is 4.92. The molecule has 1 aliphatic rings. The first kappa shape index (κ1) is 26.7. The number of nitrogen functional groups attached to an aromatic ring is 1. The van der Waals surface area contributed by atoms with Gasteiger partial charge in [-0.05, 0) is 61.7 Å². The van der Waals surface area contributed by atoms with Crippen molar-refractivity contribution < 1.29 is 18.0 Å². The standard InChI is InChI=1S/C28H24ClF3N6O/c1-16-3-4-17(12-24(39)19-5-7-22(29)21(13-19)28(30,31)32)11-18(16)6-8-23-25-26(33)34-15-35-27(25)38(36-23)20-9-10-37(2)14-20/h3-5,7,11,13,15,20H,9-10,12,14H2,1-2H3,(H2,33,34,35)/t20-/m1/s1. The van der Waals surface area contributed by atoms with Crippen molar-refractivity contribution >= 4 is 34.2 Å². The molecule has 0 saturated carbocycles. The highest BCUT2D eigenvalue weighted by Gasteiger charge is 2.34. The Balaban J connectivity index is 1.45. The lowest BCUT2D eigenvalue weighted by atomic mass is 9.98. The van der Waals surface area contributed by atoms with E-state index in [0.29, 0.717) is 33.7 Å². The average Bonchev–Trinajstić information content (AvgIpc) is 3.48. The number of nitrogens with two attached hydrogens (primary N) is 1. The van der Waals surface area contributed by atoms with Crippen molar-refractivity contribution in [3.63, 3.8) is 0 Å². The Morgan fingerprint density at radius 2 is 1.97 bits per heavy atom. The molecule has 1 aliphatic heterocycles. The Morgan fingerprint density at radius 3 is 2.69 bits per heavy atom. The van der Waals surface area contributed by atoms with Crippen LogP contribution in [0.5, 0.6) is 0 Å². The number of anilines is 1. The van der Waals surface area contributed by atoms with E-state index in [1.165, 1.54) is 12.4 Å². The molecule has 1 saturated heterocycles. The molecule has 1 fully saturated rings. The fraction of sp³-hybridized carbons (Fsp3) is 0.286. The molecular formula is C28H24ClF3N6O. The van der Waals surface area contributed by atoms with E-state index in [-0.39, 0.29) is 18.0 Å². The number of aromatic nitrogens is 4. The number of carbonyl (C=O) groups excluding carboxylic acids is 1. The number of halogens is 4. The quantitative estimate of drug-likeness (QED) is 0.280. The summed E-state index contributed by atoms with van der Waals surface area (Å²) in [7, 11) is 2.05. The summed E-state index contributed by atoms with van der Waals surface area (Å²) in [6, 6.07) is 8.64. The second kappa shape index (κ2) is 10.3. The molecular weight excluding hydrogens is 529 g/mol. The summed E-state index contributed by atoms with van der Waals surface area (Å²) >= 11 is 5.69. The van der Waals surface area contributed by atoms with Crippen molar-refractivity contribution in [3.05, 3.63) is 81.3 Å². The minimum Gasteiger partial charge on any atom is -0.383 e. The molecule has 2 aromatic heterocycles. The van der Waals surface area contributed by atoms with Gasteiger partial charge in [0.2, 0.25) is 0 Å². The maximum absolute atomic E-state index is 13.2. The minimum atomic E-state index is -4.65. The van der Waals surface area contributed by atoms with Gasteiger partial charge in [-0.2, -0.15) is 18.3 Å². The summed E-state index contributed by atoms with van der Waals surface area (Å²) in [6.45, 7) is 3.67. The van der Waals surface area contributed by atoms with Gasteiger partial charge in [-0.3, -0.25) is 4.79 Å². The molecule has 1 atom stereocenters. The Hall–Kier alpha value is -3.94. The lowest BCUT2D eigenvalue weighted by molar-refractivity contribution is -0.137. The van der Waals surface area contributed by atoms with Crippen LogP contribution < -0.4 is 5.73 Å². The van der Waals surface area contributed by atoms with E-state index in [1.54, 1.807) is 12.1 Å². The van der Waals surface area contributed by atoms with Gasteiger partial charge in [0.15, 0.2) is 11.4 Å². The molecule has 3 heterocycles. The largest absolute Gasteiger partial charge is 0.417 e. The van der Waals surface area contributed by atoms with E-state index in [0.717, 1.165) is 37.2 Å². The van der Waals surface area contributed by atoms with Crippen molar-refractivity contribution in [2.24, 2.45) is 0 Å². The smallest absolute Gasteiger partial charge is 0.383 e. The zero-order valence-corrected chi connectivity index (χ0v) is 21.9. The molecule has 7 nitrogen and oxygen atoms in total. The first-order valence-corrected chi connectivity index (χ1v) is 12.6. The zero-order valence-electron chi connectivity index (χ0n) is 21.2. The molecule has 4 aromatic rings. The molecule has 0 bridgehead atoms. The summed E-state index contributed by atoms with van der Waals surface area (Å²) in [4.78, 5) is 23.6. The number of ketones is 1. The lowest BCUT2D eigenvalue weighted by Gasteiger charge is -2.11. The van der Waals surface area contributed by atoms with Crippen LogP contribution in [0.15, 0.2) is 42.7 Å². The SMILES string of the molecule is Cc1ccc(CC(=O)c2ccc(Cl)c(C(F)(F)F)c2)cc1C#Cc1nn([C@@H]2CCN(C)C2)c2ncnc(N)c12.